The van der Waals surface area contributed by atoms with Gasteiger partial charge in [-0.1, -0.05) is 0 Å². The summed E-state index contributed by atoms with van der Waals surface area (Å²) in [6.07, 6.45) is 0.575. The van der Waals surface area contributed by atoms with Crippen molar-refractivity contribution in [2.45, 2.75) is 19.4 Å². The number of amides is 1. The van der Waals surface area contributed by atoms with Crippen molar-refractivity contribution in [3.63, 3.8) is 0 Å². The number of hydrogen-bond acceptors (Lipinski definition) is 3. The first-order valence-corrected chi connectivity index (χ1v) is 6.13. The Morgan fingerprint density at radius 3 is 3.00 bits per heavy atom. The van der Waals surface area contributed by atoms with E-state index in [1.165, 1.54) is 12.1 Å². The molecule has 5 nitrogen and oxygen atoms in total. The topological polar surface area (TPSA) is 72.9 Å². The Balaban J connectivity index is 2.09. The number of nitrogens with two attached hydrogens (primary N) is 1. The first-order valence-electron chi connectivity index (χ1n) is 6.13. The van der Waals surface area contributed by atoms with Gasteiger partial charge in [-0.15, -0.1) is 0 Å². The van der Waals surface area contributed by atoms with Gasteiger partial charge in [0.2, 0.25) is 5.91 Å². The molecule has 0 bridgehead atoms. The third-order valence-corrected chi connectivity index (χ3v) is 3.00. The Kier molecular flexibility index (Phi) is 3.80. The van der Waals surface area contributed by atoms with Crippen molar-refractivity contribution in [3.8, 4) is 0 Å². The molecule has 0 saturated heterocycles. The van der Waals surface area contributed by atoms with E-state index in [2.05, 4.69) is 10.3 Å². The van der Waals surface area contributed by atoms with Crippen LogP contribution in [-0.4, -0.2) is 28.0 Å². The van der Waals surface area contributed by atoms with Gasteiger partial charge >= 0.3 is 0 Å². The highest BCUT2D eigenvalue weighted by Crippen LogP contribution is 2.16. The zero-order chi connectivity index (χ0) is 14.0. The Morgan fingerprint density at radius 2 is 2.32 bits per heavy atom. The lowest BCUT2D eigenvalue weighted by Gasteiger charge is -2.07. The van der Waals surface area contributed by atoms with Crippen molar-refractivity contribution in [1.29, 1.82) is 0 Å². The molecule has 0 saturated carbocycles. The van der Waals surface area contributed by atoms with Crippen LogP contribution in [0.3, 0.4) is 0 Å². The molecule has 19 heavy (non-hydrogen) atoms. The predicted molar refractivity (Wildman–Crippen MR) is 71.0 cm³/mol. The summed E-state index contributed by atoms with van der Waals surface area (Å²) in [6.45, 7) is 2.09. The second-order valence-corrected chi connectivity index (χ2v) is 4.55. The Hall–Kier alpha value is -1.95. The molecular weight excluding hydrogens is 247 g/mol. The minimum atomic E-state index is -0.519. The van der Waals surface area contributed by atoms with Gasteiger partial charge in [0.25, 0.3) is 0 Å². The molecule has 2 rings (SSSR count). The van der Waals surface area contributed by atoms with E-state index < -0.39 is 6.04 Å². The molecular formula is C13H17FN4O. The summed E-state index contributed by atoms with van der Waals surface area (Å²) in [7, 11) is 1.83. The summed E-state index contributed by atoms with van der Waals surface area (Å²) in [5.41, 5.74) is 6.94. The molecule has 1 aromatic carbocycles. The number of fused-ring (bicyclic) bond motifs is 1. The number of nitrogens with one attached hydrogen (secondary N) is 1. The van der Waals surface area contributed by atoms with E-state index in [4.69, 9.17) is 5.73 Å². The number of halogens is 1. The molecule has 2 aromatic rings. The molecule has 1 aromatic heterocycles. The lowest BCUT2D eigenvalue weighted by atomic mass is 10.3. The van der Waals surface area contributed by atoms with E-state index in [0.717, 1.165) is 16.9 Å². The molecule has 1 atom stereocenters. The van der Waals surface area contributed by atoms with Crippen molar-refractivity contribution in [1.82, 2.24) is 14.9 Å². The van der Waals surface area contributed by atoms with Gasteiger partial charge in [-0.25, -0.2) is 9.37 Å². The molecule has 0 spiro atoms. The van der Waals surface area contributed by atoms with Gasteiger partial charge in [0.1, 0.15) is 11.6 Å². The summed E-state index contributed by atoms with van der Waals surface area (Å²) in [5.74, 6) is 0.322. The highest BCUT2D eigenvalue weighted by molar-refractivity contribution is 5.81. The zero-order valence-corrected chi connectivity index (χ0v) is 11.0. The Morgan fingerprint density at radius 1 is 1.58 bits per heavy atom. The summed E-state index contributed by atoms with van der Waals surface area (Å²) in [5, 5.41) is 2.72. The van der Waals surface area contributed by atoms with Crippen LogP contribution in [0.5, 0.6) is 0 Å². The average Bonchev–Trinajstić information content (AvgIpc) is 2.66. The predicted octanol–water partition coefficient (Wildman–Crippen LogP) is 0.718. The Labute approximate surface area is 110 Å². The zero-order valence-electron chi connectivity index (χ0n) is 11.0. The van der Waals surface area contributed by atoms with E-state index in [0.29, 0.717) is 13.0 Å². The fraction of sp³-hybridized carbons (Fsp3) is 0.385. The first kappa shape index (κ1) is 13.5. The van der Waals surface area contributed by atoms with E-state index >= 15 is 0 Å². The van der Waals surface area contributed by atoms with Gasteiger partial charge < -0.3 is 15.6 Å². The molecule has 6 heteroatoms. The average molecular weight is 264 g/mol. The van der Waals surface area contributed by atoms with E-state index in [-0.39, 0.29) is 11.7 Å². The third-order valence-electron chi connectivity index (χ3n) is 3.00. The lowest BCUT2D eigenvalue weighted by Crippen LogP contribution is -2.39. The van der Waals surface area contributed by atoms with Crippen molar-refractivity contribution in [2.75, 3.05) is 6.54 Å². The molecule has 3 N–H and O–H groups in total. The lowest BCUT2D eigenvalue weighted by molar-refractivity contribution is -0.121. The molecule has 0 radical (unpaired) electrons. The maximum atomic E-state index is 13.2. The number of hydrogen-bond donors (Lipinski definition) is 2. The molecule has 1 amide bonds. The van der Waals surface area contributed by atoms with E-state index in [1.807, 2.05) is 11.6 Å². The maximum Gasteiger partial charge on any atom is 0.236 e. The second kappa shape index (κ2) is 5.36. The largest absolute Gasteiger partial charge is 0.354 e. The molecule has 1 unspecified atom stereocenters. The molecule has 0 aliphatic heterocycles. The fourth-order valence-corrected chi connectivity index (χ4v) is 1.89. The van der Waals surface area contributed by atoms with Crippen LogP contribution in [0.4, 0.5) is 4.39 Å². The summed E-state index contributed by atoms with van der Waals surface area (Å²) in [4.78, 5) is 15.7. The van der Waals surface area contributed by atoms with Crippen LogP contribution in [0.15, 0.2) is 18.2 Å². The molecule has 1 heterocycles. The van der Waals surface area contributed by atoms with Crippen molar-refractivity contribution >= 4 is 16.9 Å². The van der Waals surface area contributed by atoms with Gasteiger partial charge in [-0.05, 0) is 25.1 Å². The summed E-state index contributed by atoms with van der Waals surface area (Å²) in [6, 6.07) is 3.97. The van der Waals surface area contributed by atoms with Gasteiger partial charge in [-0.3, -0.25) is 4.79 Å². The molecule has 0 aliphatic carbocycles. The van der Waals surface area contributed by atoms with E-state index in [1.54, 1.807) is 13.0 Å². The molecule has 0 aliphatic rings. The van der Waals surface area contributed by atoms with Crippen LogP contribution in [0.25, 0.3) is 11.0 Å². The van der Waals surface area contributed by atoms with Crippen LogP contribution in [-0.2, 0) is 18.3 Å². The number of carbonyl (C=O) groups is 1. The van der Waals surface area contributed by atoms with Crippen molar-refractivity contribution in [2.24, 2.45) is 12.8 Å². The number of imidazole rings is 1. The fourth-order valence-electron chi connectivity index (χ4n) is 1.89. The number of benzene rings is 1. The van der Waals surface area contributed by atoms with Gasteiger partial charge in [0.05, 0.1) is 17.1 Å². The number of rotatable bonds is 4. The number of carbonyl (C=O) groups excluding carboxylic acids is 1. The van der Waals surface area contributed by atoms with Gasteiger partial charge in [0, 0.05) is 20.0 Å². The number of aromatic nitrogens is 2. The standard InChI is InChI=1S/C13H17FN4O/c1-8(15)13(19)16-6-5-12-17-10-4-3-9(14)7-11(10)18(12)2/h3-4,7-8H,5-6,15H2,1-2H3,(H,16,19). The second-order valence-electron chi connectivity index (χ2n) is 4.55. The monoisotopic (exact) mass is 264 g/mol. The summed E-state index contributed by atoms with van der Waals surface area (Å²) >= 11 is 0. The van der Waals surface area contributed by atoms with Crippen LogP contribution < -0.4 is 11.1 Å². The molecule has 102 valence electrons. The number of aryl methyl sites for hydroxylation is 1. The highest BCUT2D eigenvalue weighted by atomic mass is 19.1. The normalized spacial score (nSPS) is 12.6. The maximum absolute atomic E-state index is 13.2. The van der Waals surface area contributed by atoms with Crippen LogP contribution in [0.1, 0.15) is 12.7 Å². The minimum absolute atomic E-state index is 0.190. The minimum Gasteiger partial charge on any atom is -0.354 e. The van der Waals surface area contributed by atoms with Crippen LogP contribution in [0.2, 0.25) is 0 Å². The third kappa shape index (κ3) is 2.90. The van der Waals surface area contributed by atoms with E-state index in [9.17, 15) is 9.18 Å². The van der Waals surface area contributed by atoms with Crippen molar-refractivity contribution in [3.05, 3.63) is 29.8 Å². The van der Waals surface area contributed by atoms with Crippen LogP contribution >= 0.6 is 0 Å². The highest BCUT2D eigenvalue weighted by Gasteiger charge is 2.10. The Bertz CT molecular complexity index is 606. The molecule has 0 fully saturated rings. The summed E-state index contributed by atoms with van der Waals surface area (Å²) < 4.78 is 15.0. The van der Waals surface area contributed by atoms with Gasteiger partial charge in [0.15, 0.2) is 0 Å². The quantitative estimate of drug-likeness (QED) is 0.854. The van der Waals surface area contributed by atoms with Crippen LogP contribution in [0, 0.1) is 5.82 Å². The smallest absolute Gasteiger partial charge is 0.236 e. The SMILES string of the molecule is CC(N)C(=O)NCCc1nc2ccc(F)cc2n1C. The van der Waals surface area contributed by atoms with Crippen molar-refractivity contribution < 1.29 is 9.18 Å². The number of nitrogens with zero attached hydrogens (tertiary/aromatic N) is 2. The van der Waals surface area contributed by atoms with Gasteiger partial charge in [-0.2, -0.15) is 0 Å². The first-order chi connectivity index (χ1) is 8.99.